The fraction of sp³-hybridized carbons (Fsp3) is 0.579. The Bertz CT molecular complexity index is 736. The van der Waals surface area contributed by atoms with Crippen molar-refractivity contribution >= 4 is 17.5 Å². The summed E-state index contributed by atoms with van der Waals surface area (Å²) in [6.07, 6.45) is 2.23. The van der Waals surface area contributed by atoms with Gasteiger partial charge in [0.25, 0.3) is 5.69 Å². The molecule has 1 heterocycles. The Labute approximate surface area is 159 Å². The molecule has 8 nitrogen and oxygen atoms in total. The predicted molar refractivity (Wildman–Crippen MR) is 102 cm³/mol. The van der Waals surface area contributed by atoms with Gasteiger partial charge >= 0.3 is 6.09 Å². The SMILES string of the molecule is CC(C)(C)OC(=O)NCCC1CCCN(c2cc(C#N)ccc2[N+](=O)[O-])C1. The molecule has 1 aliphatic rings. The summed E-state index contributed by atoms with van der Waals surface area (Å²) in [5.74, 6) is 0.305. The van der Waals surface area contributed by atoms with Crippen LogP contribution >= 0.6 is 0 Å². The first-order chi connectivity index (χ1) is 12.7. The number of nitrogens with zero attached hydrogens (tertiary/aromatic N) is 3. The van der Waals surface area contributed by atoms with Gasteiger partial charge in [-0.1, -0.05) is 0 Å². The maximum Gasteiger partial charge on any atom is 0.407 e. The van der Waals surface area contributed by atoms with E-state index in [1.54, 1.807) is 6.07 Å². The van der Waals surface area contributed by atoms with E-state index in [0.29, 0.717) is 36.8 Å². The molecule has 0 bridgehead atoms. The molecule has 1 N–H and O–H groups in total. The van der Waals surface area contributed by atoms with Crippen LogP contribution in [-0.4, -0.2) is 36.3 Å². The number of rotatable bonds is 5. The van der Waals surface area contributed by atoms with Crippen LogP contribution in [0.4, 0.5) is 16.2 Å². The van der Waals surface area contributed by atoms with Gasteiger partial charge in [0, 0.05) is 25.7 Å². The lowest BCUT2D eigenvalue weighted by molar-refractivity contribution is -0.384. The minimum Gasteiger partial charge on any atom is -0.444 e. The van der Waals surface area contributed by atoms with Crippen LogP contribution in [-0.2, 0) is 4.74 Å². The molecule has 0 spiro atoms. The van der Waals surface area contributed by atoms with Crippen LogP contribution in [0.2, 0.25) is 0 Å². The van der Waals surface area contributed by atoms with Crippen molar-refractivity contribution in [3.63, 3.8) is 0 Å². The molecule has 0 saturated carbocycles. The van der Waals surface area contributed by atoms with Crippen LogP contribution in [0, 0.1) is 27.4 Å². The highest BCUT2D eigenvalue weighted by Gasteiger charge is 2.26. The van der Waals surface area contributed by atoms with Gasteiger partial charge < -0.3 is 15.0 Å². The van der Waals surface area contributed by atoms with Crippen LogP contribution < -0.4 is 10.2 Å². The summed E-state index contributed by atoms with van der Waals surface area (Å²) in [7, 11) is 0. The quantitative estimate of drug-likeness (QED) is 0.623. The molecule has 1 amide bonds. The van der Waals surface area contributed by atoms with Crippen molar-refractivity contribution in [1.29, 1.82) is 5.26 Å². The first-order valence-corrected chi connectivity index (χ1v) is 9.10. The van der Waals surface area contributed by atoms with Gasteiger partial charge in [-0.25, -0.2) is 4.79 Å². The summed E-state index contributed by atoms with van der Waals surface area (Å²) in [5, 5.41) is 23.2. The van der Waals surface area contributed by atoms with Crippen molar-refractivity contribution in [3.05, 3.63) is 33.9 Å². The van der Waals surface area contributed by atoms with E-state index in [-0.39, 0.29) is 5.69 Å². The molecule has 0 aromatic heterocycles. The molecule has 2 rings (SSSR count). The first kappa shape index (κ1) is 20.5. The van der Waals surface area contributed by atoms with Gasteiger partial charge in [-0.3, -0.25) is 10.1 Å². The van der Waals surface area contributed by atoms with Gasteiger partial charge in [0.1, 0.15) is 11.3 Å². The van der Waals surface area contributed by atoms with Crippen molar-refractivity contribution in [2.24, 2.45) is 5.92 Å². The normalized spacial score (nSPS) is 17.1. The number of anilines is 1. The minimum absolute atomic E-state index is 0.0153. The maximum atomic E-state index is 11.7. The first-order valence-electron chi connectivity index (χ1n) is 9.10. The average Bonchev–Trinajstić information content (AvgIpc) is 2.59. The number of nitro benzene ring substituents is 1. The molecule has 1 fully saturated rings. The standard InChI is InChI=1S/C19H26N4O4/c1-19(2,3)27-18(24)21-9-8-14-5-4-10-22(13-14)17-11-15(12-20)6-7-16(17)23(25)26/h6-7,11,14H,4-5,8-10,13H2,1-3H3,(H,21,24). The molecular weight excluding hydrogens is 348 g/mol. The van der Waals surface area contributed by atoms with Gasteiger partial charge in [0.15, 0.2) is 0 Å². The zero-order valence-electron chi connectivity index (χ0n) is 16.0. The monoisotopic (exact) mass is 374 g/mol. The molecule has 8 heteroatoms. The van der Waals surface area contributed by atoms with Gasteiger partial charge in [-0.05, 0) is 58.1 Å². The number of piperidine rings is 1. The van der Waals surface area contributed by atoms with E-state index < -0.39 is 16.6 Å². The van der Waals surface area contributed by atoms with E-state index in [1.807, 2.05) is 31.7 Å². The average molecular weight is 374 g/mol. The number of hydrogen-bond donors (Lipinski definition) is 1. The van der Waals surface area contributed by atoms with E-state index in [9.17, 15) is 14.9 Å². The Morgan fingerprint density at radius 2 is 2.22 bits per heavy atom. The lowest BCUT2D eigenvalue weighted by atomic mass is 9.94. The topological polar surface area (TPSA) is 108 Å². The van der Waals surface area contributed by atoms with Crippen molar-refractivity contribution in [2.45, 2.75) is 45.6 Å². The van der Waals surface area contributed by atoms with Gasteiger partial charge in [0.2, 0.25) is 0 Å². The van der Waals surface area contributed by atoms with E-state index in [4.69, 9.17) is 10.00 Å². The number of carbonyl (C=O) groups excluding carboxylic acids is 1. The minimum atomic E-state index is -0.531. The summed E-state index contributed by atoms with van der Waals surface area (Å²) >= 11 is 0. The highest BCUT2D eigenvalue weighted by Crippen LogP contribution is 2.33. The molecule has 1 saturated heterocycles. The van der Waals surface area contributed by atoms with Crippen LogP contribution in [0.1, 0.15) is 45.6 Å². The zero-order valence-corrected chi connectivity index (χ0v) is 16.0. The van der Waals surface area contributed by atoms with E-state index in [0.717, 1.165) is 19.3 Å². The Morgan fingerprint density at radius 3 is 2.85 bits per heavy atom. The van der Waals surface area contributed by atoms with Crippen molar-refractivity contribution in [1.82, 2.24) is 5.32 Å². The number of carbonyl (C=O) groups is 1. The number of nitriles is 1. The fourth-order valence-corrected chi connectivity index (χ4v) is 3.21. The predicted octanol–water partition coefficient (Wildman–Crippen LogP) is 3.60. The molecule has 1 aromatic rings. The van der Waals surface area contributed by atoms with Crippen LogP contribution in [0.15, 0.2) is 18.2 Å². The van der Waals surface area contributed by atoms with E-state index in [1.165, 1.54) is 12.1 Å². The highest BCUT2D eigenvalue weighted by molar-refractivity contribution is 5.67. The van der Waals surface area contributed by atoms with Crippen LogP contribution in [0.3, 0.4) is 0 Å². The van der Waals surface area contributed by atoms with Crippen LogP contribution in [0.25, 0.3) is 0 Å². The number of nitrogens with one attached hydrogen (secondary N) is 1. The smallest absolute Gasteiger partial charge is 0.407 e. The number of benzene rings is 1. The Morgan fingerprint density at radius 1 is 1.48 bits per heavy atom. The van der Waals surface area contributed by atoms with E-state index >= 15 is 0 Å². The third-order valence-electron chi connectivity index (χ3n) is 4.38. The second kappa shape index (κ2) is 8.71. The number of ether oxygens (including phenoxy) is 1. The molecule has 1 unspecified atom stereocenters. The Kier molecular flexibility index (Phi) is 6.61. The van der Waals surface area contributed by atoms with Gasteiger partial charge in [-0.2, -0.15) is 5.26 Å². The van der Waals surface area contributed by atoms with Crippen molar-refractivity contribution < 1.29 is 14.5 Å². The highest BCUT2D eigenvalue weighted by atomic mass is 16.6. The summed E-state index contributed by atoms with van der Waals surface area (Å²) in [4.78, 5) is 24.6. The number of amides is 1. The molecule has 0 aliphatic carbocycles. The summed E-state index contributed by atoms with van der Waals surface area (Å²) in [6, 6.07) is 6.48. The fourth-order valence-electron chi connectivity index (χ4n) is 3.21. The Hall–Kier alpha value is -2.82. The van der Waals surface area contributed by atoms with Gasteiger partial charge in [-0.15, -0.1) is 0 Å². The number of alkyl carbamates (subject to hydrolysis) is 1. The van der Waals surface area contributed by atoms with Crippen LogP contribution in [0.5, 0.6) is 0 Å². The largest absolute Gasteiger partial charge is 0.444 e. The summed E-state index contributed by atoms with van der Waals surface area (Å²) < 4.78 is 5.22. The molecule has 146 valence electrons. The third-order valence-corrected chi connectivity index (χ3v) is 4.38. The number of nitro groups is 1. The summed E-state index contributed by atoms with van der Waals surface area (Å²) in [5.41, 5.74) is 0.380. The summed E-state index contributed by atoms with van der Waals surface area (Å²) in [6.45, 7) is 7.31. The Balaban J connectivity index is 1.97. The van der Waals surface area contributed by atoms with Crippen molar-refractivity contribution in [2.75, 3.05) is 24.5 Å². The van der Waals surface area contributed by atoms with E-state index in [2.05, 4.69) is 5.32 Å². The van der Waals surface area contributed by atoms with Gasteiger partial charge in [0.05, 0.1) is 16.6 Å². The molecule has 1 aromatic carbocycles. The molecule has 1 aliphatic heterocycles. The second-order valence-corrected chi connectivity index (χ2v) is 7.74. The zero-order chi connectivity index (χ0) is 20.0. The molecule has 27 heavy (non-hydrogen) atoms. The molecular formula is C19H26N4O4. The lowest BCUT2D eigenvalue weighted by Crippen LogP contribution is -2.38. The van der Waals surface area contributed by atoms with Crippen molar-refractivity contribution in [3.8, 4) is 6.07 Å². The number of hydrogen-bond acceptors (Lipinski definition) is 6. The third kappa shape index (κ3) is 6.13. The molecule has 1 atom stereocenters. The molecule has 0 radical (unpaired) electrons. The maximum absolute atomic E-state index is 11.7. The second-order valence-electron chi connectivity index (χ2n) is 7.74. The lowest BCUT2D eigenvalue weighted by Gasteiger charge is -2.34.